The third-order valence-electron chi connectivity index (χ3n) is 3.32. The normalized spacial score (nSPS) is 20.4. The maximum absolute atomic E-state index is 12.6. The summed E-state index contributed by atoms with van der Waals surface area (Å²) in [7, 11) is 0. The van der Waals surface area contributed by atoms with Gasteiger partial charge in [-0.3, -0.25) is 4.79 Å². The van der Waals surface area contributed by atoms with Crippen molar-refractivity contribution < 1.29 is 4.79 Å². The van der Waals surface area contributed by atoms with Crippen molar-refractivity contribution in [1.29, 1.82) is 0 Å². The SMILES string of the molecule is CC(C)c1nnsc1C(=O)N1CCCCC1CBr. The molecule has 2 heterocycles. The van der Waals surface area contributed by atoms with Crippen LogP contribution in [0.25, 0.3) is 0 Å². The lowest BCUT2D eigenvalue weighted by atomic mass is 10.0. The first kappa shape index (κ1) is 13.9. The van der Waals surface area contributed by atoms with E-state index in [2.05, 4.69) is 25.5 Å². The fraction of sp³-hybridized carbons (Fsp3) is 0.750. The minimum atomic E-state index is 0.109. The van der Waals surface area contributed by atoms with Gasteiger partial charge in [-0.05, 0) is 36.7 Å². The van der Waals surface area contributed by atoms with Gasteiger partial charge in [0.25, 0.3) is 5.91 Å². The van der Waals surface area contributed by atoms with Gasteiger partial charge < -0.3 is 4.90 Å². The van der Waals surface area contributed by atoms with Crippen LogP contribution in [-0.2, 0) is 0 Å². The lowest BCUT2D eigenvalue weighted by molar-refractivity contribution is 0.0645. The van der Waals surface area contributed by atoms with Gasteiger partial charge in [0.1, 0.15) is 4.88 Å². The topological polar surface area (TPSA) is 46.1 Å². The van der Waals surface area contributed by atoms with E-state index < -0.39 is 0 Å². The largest absolute Gasteiger partial charge is 0.334 e. The maximum Gasteiger partial charge on any atom is 0.267 e. The molecule has 1 aliphatic heterocycles. The second-order valence-electron chi connectivity index (χ2n) is 4.94. The number of carbonyl (C=O) groups is 1. The number of hydrogen-bond donors (Lipinski definition) is 0. The molecule has 2 rings (SSSR count). The summed E-state index contributed by atoms with van der Waals surface area (Å²) in [5.41, 5.74) is 0.837. The molecular weight excluding hydrogens is 314 g/mol. The van der Waals surface area contributed by atoms with Gasteiger partial charge in [0.2, 0.25) is 0 Å². The summed E-state index contributed by atoms with van der Waals surface area (Å²) in [4.78, 5) is 15.3. The van der Waals surface area contributed by atoms with Crippen LogP contribution in [0.1, 0.15) is 54.4 Å². The van der Waals surface area contributed by atoms with Crippen LogP contribution in [0.3, 0.4) is 0 Å². The monoisotopic (exact) mass is 331 g/mol. The summed E-state index contributed by atoms with van der Waals surface area (Å²) >= 11 is 4.73. The fourth-order valence-corrected chi connectivity index (χ4v) is 3.73. The Labute approximate surface area is 120 Å². The first-order valence-corrected chi connectivity index (χ1v) is 8.23. The van der Waals surface area contributed by atoms with E-state index in [1.54, 1.807) is 0 Å². The van der Waals surface area contributed by atoms with Crippen molar-refractivity contribution >= 4 is 33.4 Å². The molecular formula is C12H18BrN3OS. The molecule has 0 aromatic carbocycles. The molecule has 1 aromatic rings. The first-order chi connectivity index (χ1) is 8.65. The highest BCUT2D eigenvalue weighted by atomic mass is 79.9. The van der Waals surface area contributed by atoms with Crippen molar-refractivity contribution in [2.24, 2.45) is 0 Å². The standard InChI is InChI=1S/C12H18BrN3OS/c1-8(2)10-11(18-15-14-10)12(17)16-6-4-3-5-9(16)7-13/h8-9H,3-7H2,1-2H3. The predicted octanol–water partition coefficient (Wildman–Crippen LogP) is 3.05. The molecule has 0 saturated carbocycles. The summed E-state index contributed by atoms with van der Waals surface area (Å²) in [6.45, 7) is 4.95. The summed E-state index contributed by atoms with van der Waals surface area (Å²) in [5, 5.41) is 4.94. The Morgan fingerprint density at radius 1 is 1.56 bits per heavy atom. The van der Waals surface area contributed by atoms with E-state index in [1.807, 2.05) is 18.7 Å². The van der Waals surface area contributed by atoms with Gasteiger partial charge >= 0.3 is 0 Å². The molecule has 18 heavy (non-hydrogen) atoms. The number of hydrogen-bond acceptors (Lipinski definition) is 4. The number of likely N-dealkylation sites (tertiary alicyclic amines) is 1. The molecule has 100 valence electrons. The zero-order valence-corrected chi connectivity index (χ0v) is 13.1. The van der Waals surface area contributed by atoms with E-state index in [4.69, 9.17) is 0 Å². The second kappa shape index (κ2) is 6.10. The van der Waals surface area contributed by atoms with Gasteiger partial charge in [-0.25, -0.2) is 0 Å². The Kier molecular flexibility index (Phi) is 4.72. The molecule has 1 aromatic heterocycles. The van der Waals surface area contributed by atoms with Gasteiger partial charge in [-0.15, -0.1) is 5.10 Å². The minimum Gasteiger partial charge on any atom is -0.334 e. The van der Waals surface area contributed by atoms with Crippen LogP contribution < -0.4 is 0 Å². The molecule has 0 aliphatic carbocycles. The predicted molar refractivity (Wildman–Crippen MR) is 76.5 cm³/mol. The van der Waals surface area contributed by atoms with Crippen LogP contribution >= 0.6 is 27.5 Å². The van der Waals surface area contributed by atoms with Gasteiger partial charge in [-0.1, -0.05) is 34.3 Å². The molecule has 0 N–H and O–H groups in total. The molecule has 1 unspecified atom stereocenters. The van der Waals surface area contributed by atoms with E-state index >= 15 is 0 Å². The van der Waals surface area contributed by atoms with Crippen LogP contribution in [0.2, 0.25) is 0 Å². The van der Waals surface area contributed by atoms with Crippen LogP contribution in [0, 0.1) is 0 Å². The van der Waals surface area contributed by atoms with Crippen LogP contribution in [0.4, 0.5) is 0 Å². The highest BCUT2D eigenvalue weighted by molar-refractivity contribution is 9.09. The van der Waals surface area contributed by atoms with E-state index in [9.17, 15) is 4.79 Å². The van der Waals surface area contributed by atoms with E-state index in [1.165, 1.54) is 18.0 Å². The van der Waals surface area contributed by atoms with E-state index in [0.29, 0.717) is 6.04 Å². The third kappa shape index (κ3) is 2.74. The van der Waals surface area contributed by atoms with Crippen molar-refractivity contribution in [2.45, 2.75) is 45.1 Å². The van der Waals surface area contributed by atoms with Crippen LogP contribution in [0.5, 0.6) is 0 Å². The lowest BCUT2D eigenvalue weighted by Gasteiger charge is -2.34. The number of rotatable bonds is 3. The molecule has 1 saturated heterocycles. The smallest absolute Gasteiger partial charge is 0.267 e. The number of alkyl halides is 1. The first-order valence-electron chi connectivity index (χ1n) is 6.34. The zero-order valence-electron chi connectivity index (χ0n) is 10.7. The van der Waals surface area contributed by atoms with Crippen molar-refractivity contribution in [1.82, 2.24) is 14.5 Å². The average molecular weight is 332 g/mol. The molecule has 0 radical (unpaired) electrons. The molecule has 1 fully saturated rings. The Morgan fingerprint density at radius 2 is 2.33 bits per heavy atom. The number of piperidine rings is 1. The second-order valence-corrected chi connectivity index (χ2v) is 6.35. The molecule has 1 aliphatic rings. The minimum absolute atomic E-state index is 0.109. The Bertz CT molecular complexity index is 421. The number of amides is 1. The molecule has 4 nitrogen and oxygen atoms in total. The Balaban J connectivity index is 2.21. The quantitative estimate of drug-likeness (QED) is 0.799. The number of halogens is 1. The summed E-state index contributed by atoms with van der Waals surface area (Å²) in [6, 6.07) is 0.313. The highest BCUT2D eigenvalue weighted by Crippen LogP contribution is 2.26. The van der Waals surface area contributed by atoms with Crippen molar-refractivity contribution in [3.8, 4) is 0 Å². The number of carbonyl (C=O) groups excluding carboxylic acids is 1. The van der Waals surface area contributed by atoms with Crippen molar-refractivity contribution in [3.05, 3.63) is 10.6 Å². The highest BCUT2D eigenvalue weighted by Gasteiger charge is 2.30. The lowest BCUT2D eigenvalue weighted by Crippen LogP contribution is -2.44. The van der Waals surface area contributed by atoms with Crippen LogP contribution in [-0.4, -0.2) is 38.3 Å². The maximum atomic E-state index is 12.6. The van der Waals surface area contributed by atoms with Gasteiger partial charge in [-0.2, -0.15) is 0 Å². The van der Waals surface area contributed by atoms with E-state index in [0.717, 1.165) is 35.3 Å². The van der Waals surface area contributed by atoms with Crippen molar-refractivity contribution in [3.63, 3.8) is 0 Å². The van der Waals surface area contributed by atoms with E-state index in [-0.39, 0.29) is 11.8 Å². The summed E-state index contributed by atoms with van der Waals surface area (Å²) in [5.74, 6) is 0.354. The summed E-state index contributed by atoms with van der Waals surface area (Å²) in [6.07, 6.45) is 3.39. The fourth-order valence-electron chi connectivity index (χ4n) is 2.28. The molecule has 0 spiro atoms. The Morgan fingerprint density at radius 3 is 3.00 bits per heavy atom. The molecule has 1 amide bonds. The number of nitrogens with zero attached hydrogens (tertiary/aromatic N) is 3. The average Bonchev–Trinajstić information content (AvgIpc) is 2.87. The molecule has 0 bridgehead atoms. The van der Waals surface area contributed by atoms with Crippen LogP contribution in [0.15, 0.2) is 0 Å². The summed E-state index contributed by atoms with van der Waals surface area (Å²) < 4.78 is 3.94. The Hall–Kier alpha value is -0.490. The third-order valence-corrected chi connectivity index (χ3v) is 4.80. The van der Waals surface area contributed by atoms with Gasteiger partial charge in [0, 0.05) is 17.9 Å². The van der Waals surface area contributed by atoms with Crippen molar-refractivity contribution in [2.75, 3.05) is 11.9 Å². The zero-order chi connectivity index (χ0) is 13.1. The number of aromatic nitrogens is 2. The molecule has 1 atom stereocenters. The van der Waals surface area contributed by atoms with Gasteiger partial charge in [0.05, 0.1) is 5.69 Å². The van der Waals surface area contributed by atoms with Gasteiger partial charge in [0.15, 0.2) is 0 Å². The molecule has 6 heteroatoms.